The molecule has 0 bridgehead atoms. The van der Waals surface area contributed by atoms with E-state index < -0.39 is 0 Å². The van der Waals surface area contributed by atoms with Crippen molar-refractivity contribution in [2.24, 2.45) is 5.73 Å². The Morgan fingerprint density at radius 3 is 2.67 bits per heavy atom. The molecule has 2 rings (SSSR count). The molecule has 3 nitrogen and oxygen atoms in total. The van der Waals surface area contributed by atoms with Crippen molar-refractivity contribution < 1.29 is 0 Å². The Balaban J connectivity index is 2.19. The predicted octanol–water partition coefficient (Wildman–Crippen LogP) is 2.89. The monoisotopic (exact) mass is 267 g/mol. The molecule has 0 radical (unpaired) electrons. The van der Waals surface area contributed by atoms with E-state index in [1.807, 2.05) is 11.3 Å². The van der Waals surface area contributed by atoms with E-state index >= 15 is 0 Å². The van der Waals surface area contributed by atoms with Gasteiger partial charge in [-0.3, -0.25) is 4.90 Å². The first-order valence-corrected chi connectivity index (χ1v) is 7.94. The minimum atomic E-state index is -0.211. The number of thiazole rings is 1. The number of nitrogens with two attached hydrogens (primary N) is 1. The van der Waals surface area contributed by atoms with Gasteiger partial charge >= 0.3 is 0 Å². The Labute approximate surface area is 114 Å². The lowest BCUT2D eigenvalue weighted by Crippen LogP contribution is -2.35. The molecule has 18 heavy (non-hydrogen) atoms. The van der Waals surface area contributed by atoms with E-state index in [1.165, 1.54) is 23.5 Å². The molecule has 0 saturated heterocycles. The van der Waals surface area contributed by atoms with E-state index in [0.717, 1.165) is 37.4 Å². The van der Waals surface area contributed by atoms with Crippen molar-refractivity contribution in [3.63, 3.8) is 0 Å². The zero-order valence-corrected chi connectivity index (χ0v) is 12.6. The van der Waals surface area contributed by atoms with Crippen LogP contribution in [0, 0.1) is 0 Å². The molecule has 2 heterocycles. The summed E-state index contributed by atoms with van der Waals surface area (Å²) in [5.41, 5.74) is 7.55. The lowest BCUT2D eigenvalue weighted by atomic mass is 9.95. The number of rotatable bonds is 5. The van der Waals surface area contributed by atoms with Crippen LogP contribution in [0.25, 0.3) is 0 Å². The molecule has 0 aromatic carbocycles. The summed E-state index contributed by atoms with van der Waals surface area (Å²) < 4.78 is 0. The molecule has 0 unspecified atom stereocenters. The van der Waals surface area contributed by atoms with Gasteiger partial charge < -0.3 is 5.73 Å². The maximum atomic E-state index is 6.46. The summed E-state index contributed by atoms with van der Waals surface area (Å²) in [6, 6.07) is 0. The first kappa shape index (κ1) is 14.0. The Kier molecular flexibility index (Phi) is 4.41. The quantitative estimate of drug-likeness (QED) is 0.892. The molecule has 0 spiro atoms. The van der Waals surface area contributed by atoms with Gasteiger partial charge in [-0.05, 0) is 25.8 Å². The normalized spacial score (nSPS) is 16.9. The summed E-state index contributed by atoms with van der Waals surface area (Å²) in [6.07, 6.45) is 4.25. The SMILES string of the molecule is CCCN1CCc2nc(C(N)(CC)CC)sc2C1. The van der Waals surface area contributed by atoms with Crippen LogP contribution in [-0.2, 0) is 18.5 Å². The lowest BCUT2D eigenvalue weighted by Gasteiger charge is -2.25. The van der Waals surface area contributed by atoms with Crippen molar-refractivity contribution in [1.29, 1.82) is 0 Å². The second kappa shape index (κ2) is 5.68. The van der Waals surface area contributed by atoms with Crippen LogP contribution in [-0.4, -0.2) is 23.0 Å². The van der Waals surface area contributed by atoms with Gasteiger partial charge in [0.1, 0.15) is 5.01 Å². The molecule has 0 amide bonds. The number of hydrogen-bond acceptors (Lipinski definition) is 4. The van der Waals surface area contributed by atoms with Crippen molar-refractivity contribution in [2.75, 3.05) is 13.1 Å². The number of hydrogen-bond donors (Lipinski definition) is 1. The lowest BCUT2D eigenvalue weighted by molar-refractivity contribution is 0.256. The summed E-state index contributed by atoms with van der Waals surface area (Å²) in [7, 11) is 0. The minimum absolute atomic E-state index is 0.211. The highest BCUT2D eigenvalue weighted by Gasteiger charge is 2.30. The van der Waals surface area contributed by atoms with Crippen molar-refractivity contribution in [3.05, 3.63) is 15.6 Å². The van der Waals surface area contributed by atoms with Crippen LogP contribution >= 0.6 is 11.3 Å². The zero-order chi connectivity index (χ0) is 13.2. The molecule has 102 valence electrons. The number of nitrogens with zero attached hydrogens (tertiary/aromatic N) is 2. The van der Waals surface area contributed by atoms with Gasteiger partial charge in [0.25, 0.3) is 0 Å². The fraction of sp³-hybridized carbons (Fsp3) is 0.786. The van der Waals surface area contributed by atoms with E-state index in [-0.39, 0.29) is 5.54 Å². The molecule has 0 aliphatic carbocycles. The predicted molar refractivity (Wildman–Crippen MR) is 77.8 cm³/mol. The average molecular weight is 267 g/mol. The van der Waals surface area contributed by atoms with Crippen molar-refractivity contribution in [3.8, 4) is 0 Å². The largest absolute Gasteiger partial charge is 0.319 e. The van der Waals surface area contributed by atoms with Gasteiger partial charge in [-0.1, -0.05) is 20.8 Å². The van der Waals surface area contributed by atoms with E-state index in [9.17, 15) is 0 Å². The van der Waals surface area contributed by atoms with Crippen molar-refractivity contribution >= 4 is 11.3 Å². The summed E-state index contributed by atoms with van der Waals surface area (Å²) in [5.74, 6) is 0. The van der Waals surface area contributed by atoms with Gasteiger partial charge in [0, 0.05) is 24.4 Å². The molecule has 0 fully saturated rings. The van der Waals surface area contributed by atoms with Crippen LogP contribution in [0.5, 0.6) is 0 Å². The third-order valence-corrected chi connectivity index (χ3v) is 5.34. The van der Waals surface area contributed by atoms with E-state index in [4.69, 9.17) is 10.7 Å². The molecule has 0 saturated carbocycles. The van der Waals surface area contributed by atoms with Crippen LogP contribution in [0.1, 0.15) is 55.6 Å². The number of aromatic nitrogens is 1. The van der Waals surface area contributed by atoms with Crippen LogP contribution in [0.15, 0.2) is 0 Å². The molecule has 4 heteroatoms. The summed E-state index contributed by atoms with van der Waals surface area (Å²) in [5, 5.41) is 1.15. The maximum absolute atomic E-state index is 6.46. The van der Waals surface area contributed by atoms with Gasteiger partial charge in [-0.15, -0.1) is 11.3 Å². The highest BCUT2D eigenvalue weighted by Crippen LogP contribution is 2.33. The van der Waals surface area contributed by atoms with E-state index in [0.29, 0.717) is 0 Å². The summed E-state index contributed by atoms with van der Waals surface area (Å²) in [6.45, 7) is 9.99. The third-order valence-electron chi connectivity index (χ3n) is 4.04. The Morgan fingerprint density at radius 1 is 1.33 bits per heavy atom. The average Bonchev–Trinajstić information content (AvgIpc) is 2.82. The topological polar surface area (TPSA) is 42.2 Å². The summed E-state index contributed by atoms with van der Waals surface area (Å²) in [4.78, 5) is 8.80. The highest BCUT2D eigenvalue weighted by molar-refractivity contribution is 7.11. The molecule has 2 N–H and O–H groups in total. The molecule has 1 aromatic rings. The smallest absolute Gasteiger partial charge is 0.113 e. The maximum Gasteiger partial charge on any atom is 0.113 e. The van der Waals surface area contributed by atoms with Crippen LogP contribution in [0.2, 0.25) is 0 Å². The molecular formula is C14H25N3S. The van der Waals surface area contributed by atoms with Crippen LogP contribution in [0.3, 0.4) is 0 Å². The van der Waals surface area contributed by atoms with Crippen LogP contribution < -0.4 is 5.73 Å². The first-order valence-electron chi connectivity index (χ1n) is 7.13. The second-order valence-corrected chi connectivity index (χ2v) is 6.36. The van der Waals surface area contributed by atoms with Gasteiger partial charge in [0.05, 0.1) is 11.2 Å². The number of fused-ring (bicyclic) bond motifs is 1. The third kappa shape index (κ3) is 2.60. The minimum Gasteiger partial charge on any atom is -0.319 e. The van der Waals surface area contributed by atoms with Gasteiger partial charge in [-0.25, -0.2) is 4.98 Å². The molecule has 1 aliphatic heterocycles. The second-order valence-electron chi connectivity index (χ2n) is 5.28. The van der Waals surface area contributed by atoms with Crippen molar-refractivity contribution in [2.45, 2.75) is 58.5 Å². The standard InChI is InChI=1S/C14H25N3S/c1-4-8-17-9-7-11-12(10-17)18-13(16-11)14(15,5-2)6-3/h4-10,15H2,1-3H3. The van der Waals surface area contributed by atoms with Crippen LogP contribution in [0.4, 0.5) is 0 Å². The molecule has 0 atom stereocenters. The zero-order valence-electron chi connectivity index (χ0n) is 11.8. The molecule has 1 aliphatic rings. The van der Waals surface area contributed by atoms with Gasteiger partial charge in [0.2, 0.25) is 0 Å². The van der Waals surface area contributed by atoms with Gasteiger partial charge in [0.15, 0.2) is 0 Å². The Bertz CT molecular complexity index is 396. The first-order chi connectivity index (χ1) is 8.62. The van der Waals surface area contributed by atoms with E-state index in [2.05, 4.69) is 25.7 Å². The van der Waals surface area contributed by atoms with Gasteiger partial charge in [-0.2, -0.15) is 0 Å². The van der Waals surface area contributed by atoms with E-state index in [1.54, 1.807) is 0 Å². The summed E-state index contributed by atoms with van der Waals surface area (Å²) >= 11 is 1.84. The fourth-order valence-corrected chi connectivity index (χ4v) is 3.91. The van der Waals surface area contributed by atoms with Crippen molar-refractivity contribution in [1.82, 2.24) is 9.88 Å². The Morgan fingerprint density at radius 2 is 2.06 bits per heavy atom. The highest BCUT2D eigenvalue weighted by atomic mass is 32.1. The Hall–Kier alpha value is -0.450. The molecular weight excluding hydrogens is 242 g/mol. The fourth-order valence-electron chi connectivity index (χ4n) is 2.52. The molecule has 1 aromatic heterocycles.